The molecule has 1 saturated carbocycles. The largest absolute Gasteiger partial charge is 0.494 e. The first kappa shape index (κ1) is 14.1. The standard InChI is InChI=1S/C13H17N3O4/c1-20-12-8-10(16(18)19)6-7-11(12)15-13(17)14-9-4-2-3-5-9/h6-9H,2-5H2,1H3,(H2,14,15,17). The number of hydrogen-bond acceptors (Lipinski definition) is 4. The van der Waals surface area contributed by atoms with E-state index in [4.69, 9.17) is 4.74 Å². The second-order valence-electron chi connectivity index (χ2n) is 4.72. The molecule has 0 unspecified atom stereocenters. The molecular weight excluding hydrogens is 262 g/mol. The lowest BCUT2D eigenvalue weighted by molar-refractivity contribution is -0.384. The molecule has 0 spiro atoms. The van der Waals surface area contributed by atoms with Crippen LogP contribution < -0.4 is 15.4 Å². The Hall–Kier alpha value is -2.31. The minimum atomic E-state index is -0.509. The van der Waals surface area contributed by atoms with Gasteiger partial charge in [0.15, 0.2) is 0 Å². The average molecular weight is 279 g/mol. The molecule has 0 radical (unpaired) electrons. The highest BCUT2D eigenvalue weighted by atomic mass is 16.6. The third-order valence-corrected chi connectivity index (χ3v) is 3.33. The number of benzene rings is 1. The van der Waals surface area contributed by atoms with Crippen LogP contribution in [0.5, 0.6) is 5.75 Å². The first-order valence-corrected chi connectivity index (χ1v) is 6.50. The summed E-state index contributed by atoms with van der Waals surface area (Å²) in [5.74, 6) is 0.265. The van der Waals surface area contributed by atoms with Gasteiger partial charge in [0, 0.05) is 12.1 Å². The lowest BCUT2D eigenvalue weighted by Crippen LogP contribution is -2.36. The molecule has 2 amide bonds. The van der Waals surface area contributed by atoms with E-state index >= 15 is 0 Å². The number of non-ortho nitro benzene ring substituents is 1. The first-order valence-electron chi connectivity index (χ1n) is 6.50. The number of nitro benzene ring substituents is 1. The van der Waals surface area contributed by atoms with E-state index in [2.05, 4.69) is 10.6 Å². The number of methoxy groups -OCH3 is 1. The Morgan fingerprint density at radius 2 is 2.10 bits per heavy atom. The van der Waals surface area contributed by atoms with Crippen molar-refractivity contribution in [2.45, 2.75) is 31.7 Å². The summed E-state index contributed by atoms with van der Waals surface area (Å²) in [5.41, 5.74) is 0.331. The molecule has 0 heterocycles. The molecule has 2 N–H and O–H groups in total. The summed E-state index contributed by atoms with van der Waals surface area (Å²) in [7, 11) is 1.40. The lowest BCUT2D eigenvalue weighted by atomic mass is 10.2. The van der Waals surface area contributed by atoms with Gasteiger partial charge in [0.05, 0.1) is 23.8 Å². The molecular formula is C13H17N3O4. The zero-order chi connectivity index (χ0) is 14.5. The van der Waals surface area contributed by atoms with Crippen molar-refractivity contribution in [1.82, 2.24) is 5.32 Å². The SMILES string of the molecule is COc1cc([N+](=O)[O-])ccc1NC(=O)NC1CCCC1. The van der Waals surface area contributed by atoms with Gasteiger partial charge < -0.3 is 15.4 Å². The van der Waals surface area contributed by atoms with Crippen LogP contribution in [-0.2, 0) is 0 Å². The molecule has 0 atom stereocenters. The molecule has 7 heteroatoms. The van der Waals surface area contributed by atoms with E-state index in [0.717, 1.165) is 25.7 Å². The van der Waals surface area contributed by atoms with Crippen LogP contribution in [0, 0.1) is 10.1 Å². The number of rotatable bonds is 4. The normalized spacial score (nSPS) is 14.8. The quantitative estimate of drug-likeness (QED) is 0.654. The zero-order valence-corrected chi connectivity index (χ0v) is 11.2. The highest BCUT2D eigenvalue weighted by Crippen LogP contribution is 2.29. The van der Waals surface area contributed by atoms with Crippen molar-refractivity contribution in [1.29, 1.82) is 0 Å². The van der Waals surface area contributed by atoms with Crippen LogP contribution in [0.2, 0.25) is 0 Å². The van der Waals surface area contributed by atoms with Gasteiger partial charge in [-0.1, -0.05) is 12.8 Å². The van der Waals surface area contributed by atoms with Gasteiger partial charge in [0.2, 0.25) is 0 Å². The zero-order valence-electron chi connectivity index (χ0n) is 11.2. The smallest absolute Gasteiger partial charge is 0.319 e. The van der Waals surface area contributed by atoms with Crippen LogP contribution in [0.25, 0.3) is 0 Å². The number of nitrogens with zero attached hydrogens (tertiary/aromatic N) is 1. The second kappa shape index (κ2) is 6.23. The van der Waals surface area contributed by atoms with E-state index in [9.17, 15) is 14.9 Å². The Labute approximate surface area is 116 Å². The molecule has 1 aliphatic carbocycles. The van der Waals surface area contributed by atoms with Crippen molar-refractivity contribution in [2.75, 3.05) is 12.4 Å². The highest BCUT2D eigenvalue weighted by Gasteiger charge is 2.18. The number of anilines is 1. The molecule has 1 aromatic rings. The Balaban J connectivity index is 2.04. The van der Waals surface area contributed by atoms with Gasteiger partial charge in [0.1, 0.15) is 5.75 Å². The molecule has 0 saturated heterocycles. The van der Waals surface area contributed by atoms with Crippen molar-refractivity contribution in [3.8, 4) is 5.75 Å². The third-order valence-electron chi connectivity index (χ3n) is 3.33. The van der Waals surface area contributed by atoms with Gasteiger partial charge in [-0.15, -0.1) is 0 Å². The van der Waals surface area contributed by atoms with Gasteiger partial charge in [-0.25, -0.2) is 4.79 Å². The molecule has 7 nitrogen and oxygen atoms in total. The molecule has 20 heavy (non-hydrogen) atoms. The van der Waals surface area contributed by atoms with E-state index in [1.807, 2.05) is 0 Å². The molecule has 108 valence electrons. The molecule has 1 fully saturated rings. The Morgan fingerprint density at radius 1 is 1.40 bits per heavy atom. The Morgan fingerprint density at radius 3 is 2.70 bits per heavy atom. The fourth-order valence-electron chi connectivity index (χ4n) is 2.31. The molecule has 0 aromatic heterocycles. The summed E-state index contributed by atoms with van der Waals surface area (Å²) < 4.78 is 5.06. The second-order valence-corrected chi connectivity index (χ2v) is 4.72. The van der Waals surface area contributed by atoms with Crippen LogP contribution in [0.3, 0.4) is 0 Å². The lowest BCUT2D eigenvalue weighted by Gasteiger charge is -2.14. The number of ether oxygens (including phenoxy) is 1. The van der Waals surface area contributed by atoms with Crippen LogP contribution in [0.1, 0.15) is 25.7 Å². The van der Waals surface area contributed by atoms with E-state index in [0.29, 0.717) is 5.69 Å². The fourth-order valence-corrected chi connectivity index (χ4v) is 2.31. The summed E-state index contributed by atoms with van der Waals surface area (Å²) in [5, 5.41) is 16.2. The fraction of sp³-hybridized carbons (Fsp3) is 0.462. The number of carbonyl (C=O) groups is 1. The number of urea groups is 1. The maximum absolute atomic E-state index is 11.8. The number of nitrogens with one attached hydrogen (secondary N) is 2. The molecule has 1 aliphatic rings. The van der Waals surface area contributed by atoms with Crippen LogP contribution in [0.15, 0.2) is 18.2 Å². The Bertz CT molecular complexity index is 512. The summed E-state index contributed by atoms with van der Waals surface area (Å²) >= 11 is 0. The number of amides is 2. The van der Waals surface area contributed by atoms with Gasteiger partial charge in [-0.2, -0.15) is 0 Å². The van der Waals surface area contributed by atoms with Crippen LogP contribution in [-0.4, -0.2) is 24.1 Å². The van der Waals surface area contributed by atoms with Crippen molar-refractivity contribution in [3.63, 3.8) is 0 Å². The van der Waals surface area contributed by atoms with Gasteiger partial charge in [0.25, 0.3) is 5.69 Å². The third kappa shape index (κ3) is 3.37. The van der Waals surface area contributed by atoms with Gasteiger partial charge >= 0.3 is 6.03 Å². The van der Waals surface area contributed by atoms with Crippen molar-refractivity contribution in [2.24, 2.45) is 0 Å². The topological polar surface area (TPSA) is 93.5 Å². The average Bonchev–Trinajstić information content (AvgIpc) is 2.91. The van der Waals surface area contributed by atoms with E-state index < -0.39 is 4.92 Å². The van der Waals surface area contributed by atoms with Crippen molar-refractivity contribution >= 4 is 17.4 Å². The number of carbonyl (C=O) groups excluding carboxylic acids is 1. The van der Waals surface area contributed by atoms with Crippen molar-refractivity contribution in [3.05, 3.63) is 28.3 Å². The maximum atomic E-state index is 11.8. The molecule has 1 aromatic carbocycles. The van der Waals surface area contributed by atoms with Crippen LogP contribution in [0.4, 0.5) is 16.2 Å². The van der Waals surface area contributed by atoms with Crippen LogP contribution >= 0.6 is 0 Å². The highest BCUT2D eigenvalue weighted by molar-refractivity contribution is 5.91. The maximum Gasteiger partial charge on any atom is 0.319 e. The Kier molecular flexibility index (Phi) is 4.39. The monoisotopic (exact) mass is 279 g/mol. The van der Waals surface area contributed by atoms with E-state index in [1.54, 1.807) is 0 Å². The first-order chi connectivity index (χ1) is 9.60. The summed E-state index contributed by atoms with van der Waals surface area (Å²) in [6.45, 7) is 0. The minimum absolute atomic E-state index is 0.0800. The summed E-state index contributed by atoms with van der Waals surface area (Å²) in [4.78, 5) is 22.0. The van der Waals surface area contributed by atoms with E-state index in [1.165, 1.54) is 25.3 Å². The summed E-state index contributed by atoms with van der Waals surface area (Å²) in [6, 6.07) is 3.97. The molecule has 2 rings (SSSR count). The predicted molar refractivity (Wildman–Crippen MR) is 74.1 cm³/mol. The van der Waals surface area contributed by atoms with Gasteiger partial charge in [-0.3, -0.25) is 10.1 Å². The number of nitro groups is 1. The molecule has 0 aliphatic heterocycles. The predicted octanol–water partition coefficient (Wildman–Crippen LogP) is 2.67. The van der Waals surface area contributed by atoms with Crippen molar-refractivity contribution < 1.29 is 14.5 Å². The van der Waals surface area contributed by atoms with E-state index in [-0.39, 0.29) is 23.5 Å². The minimum Gasteiger partial charge on any atom is -0.494 e. The molecule has 0 bridgehead atoms. The number of hydrogen-bond donors (Lipinski definition) is 2. The van der Waals surface area contributed by atoms with Gasteiger partial charge in [-0.05, 0) is 18.9 Å². The summed E-state index contributed by atoms with van der Waals surface area (Å²) in [6.07, 6.45) is 4.24.